The summed E-state index contributed by atoms with van der Waals surface area (Å²) in [5, 5.41) is 14.1. The van der Waals surface area contributed by atoms with Crippen LogP contribution < -0.4 is 5.14 Å². The summed E-state index contributed by atoms with van der Waals surface area (Å²) in [6.07, 6.45) is 5.32. The van der Waals surface area contributed by atoms with Crippen molar-refractivity contribution in [2.45, 2.75) is 49.2 Å². The monoisotopic (exact) mass is 353 g/mol. The molecule has 1 aromatic rings. The second-order valence-electron chi connectivity index (χ2n) is 6.34. The number of hydrogen-bond acceptors (Lipinski definition) is 5. The lowest BCUT2D eigenvalue weighted by Gasteiger charge is -2.33. The van der Waals surface area contributed by atoms with Crippen LogP contribution in [-0.4, -0.2) is 47.4 Å². The van der Waals surface area contributed by atoms with Gasteiger partial charge in [0.2, 0.25) is 0 Å². The van der Waals surface area contributed by atoms with Crippen molar-refractivity contribution in [3.63, 3.8) is 0 Å². The third kappa shape index (κ3) is 3.01. The van der Waals surface area contributed by atoms with Gasteiger partial charge < -0.3 is 10.0 Å². The number of fused-ring (bicyclic) bond motifs is 1. The van der Waals surface area contributed by atoms with Crippen molar-refractivity contribution in [1.29, 1.82) is 0 Å². The Hall–Kier alpha value is -2.00. The zero-order valence-corrected chi connectivity index (χ0v) is 13.8. The molecule has 1 saturated carbocycles. The van der Waals surface area contributed by atoms with Gasteiger partial charge in [-0.3, -0.25) is 4.79 Å². The highest BCUT2D eigenvalue weighted by molar-refractivity contribution is 7.89. The molecule has 3 unspecified atom stereocenters. The van der Waals surface area contributed by atoms with Gasteiger partial charge in [0.15, 0.2) is 5.03 Å². The third-order valence-electron chi connectivity index (χ3n) is 4.88. The Bertz CT molecular complexity index is 779. The number of carbonyl (C=O) groups excluding carboxylic acids is 1. The lowest BCUT2D eigenvalue weighted by molar-refractivity contribution is -0.141. The molecule has 9 heteroatoms. The molecule has 2 fully saturated rings. The number of rotatable bonds is 3. The van der Waals surface area contributed by atoms with Gasteiger partial charge in [-0.15, -0.1) is 0 Å². The average molecular weight is 353 g/mol. The van der Waals surface area contributed by atoms with Gasteiger partial charge in [0.05, 0.1) is 0 Å². The number of aliphatic carboxylic acids is 1. The first-order valence-electron chi connectivity index (χ1n) is 7.83. The quantitative estimate of drug-likeness (QED) is 0.817. The molecule has 24 heavy (non-hydrogen) atoms. The highest BCUT2D eigenvalue weighted by atomic mass is 32.2. The Morgan fingerprint density at radius 2 is 2.00 bits per heavy atom. The molecule has 0 aromatic carbocycles. The maximum absolute atomic E-state index is 12.9. The van der Waals surface area contributed by atoms with Gasteiger partial charge in [-0.05, 0) is 37.3 Å². The molecule has 1 aromatic heterocycles. The van der Waals surface area contributed by atoms with Crippen molar-refractivity contribution in [2.75, 3.05) is 0 Å². The van der Waals surface area contributed by atoms with E-state index in [0.29, 0.717) is 6.42 Å². The highest BCUT2D eigenvalue weighted by Crippen LogP contribution is 2.40. The van der Waals surface area contributed by atoms with E-state index < -0.39 is 33.0 Å². The van der Waals surface area contributed by atoms with Crippen LogP contribution in [-0.2, 0) is 14.8 Å². The van der Waals surface area contributed by atoms with E-state index in [4.69, 9.17) is 5.14 Å². The Labute approximate surface area is 139 Å². The zero-order chi connectivity index (χ0) is 17.5. The molecular weight excluding hydrogens is 334 g/mol. The van der Waals surface area contributed by atoms with Crippen LogP contribution in [0.3, 0.4) is 0 Å². The molecule has 0 radical (unpaired) electrons. The summed E-state index contributed by atoms with van der Waals surface area (Å²) in [5.74, 6) is -1.33. The molecule has 2 heterocycles. The molecular formula is C15H19N3O5S. The van der Waals surface area contributed by atoms with Crippen molar-refractivity contribution in [2.24, 2.45) is 11.1 Å². The molecule has 3 rings (SSSR count). The van der Waals surface area contributed by atoms with E-state index in [2.05, 4.69) is 4.98 Å². The smallest absolute Gasteiger partial charge is 0.326 e. The van der Waals surface area contributed by atoms with E-state index >= 15 is 0 Å². The maximum Gasteiger partial charge on any atom is 0.326 e. The van der Waals surface area contributed by atoms with Crippen molar-refractivity contribution in [3.05, 3.63) is 23.9 Å². The number of primary sulfonamides is 1. The number of aromatic nitrogens is 1. The molecule has 1 amide bonds. The van der Waals surface area contributed by atoms with Gasteiger partial charge >= 0.3 is 5.97 Å². The van der Waals surface area contributed by atoms with Crippen LogP contribution in [0.2, 0.25) is 0 Å². The number of sulfonamides is 1. The van der Waals surface area contributed by atoms with E-state index in [9.17, 15) is 23.1 Å². The van der Waals surface area contributed by atoms with Crippen molar-refractivity contribution >= 4 is 21.9 Å². The van der Waals surface area contributed by atoms with Crippen molar-refractivity contribution in [1.82, 2.24) is 9.88 Å². The Morgan fingerprint density at radius 3 is 2.67 bits per heavy atom. The van der Waals surface area contributed by atoms with Gasteiger partial charge in [0.25, 0.3) is 15.9 Å². The second kappa shape index (κ2) is 6.14. The van der Waals surface area contributed by atoms with Crippen LogP contribution in [0.15, 0.2) is 23.4 Å². The summed E-state index contributed by atoms with van der Waals surface area (Å²) in [4.78, 5) is 29.6. The highest BCUT2D eigenvalue weighted by Gasteiger charge is 2.47. The molecule has 0 bridgehead atoms. The number of nitrogens with two attached hydrogens (primary N) is 1. The molecule has 1 saturated heterocycles. The molecule has 8 nitrogen and oxygen atoms in total. The molecule has 1 aliphatic heterocycles. The second-order valence-corrected chi connectivity index (χ2v) is 7.85. The fourth-order valence-electron chi connectivity index (χ4n) is 3.82. The molecule has 1 aliphatic carbocycles. The van der Waals surface area contributed by atoms with Gasteiger partial charge in [0, 0.05) is 17.8 Å². The minimum atomic E-state index is -4.03. The van der Waals surface area contributed by atoms with Crippen LogP contribution >= 0.6 is 0 Å². The summed E-state index contributed by atoms with van der Waals surface area (Å²) in [7, 11) is -4.03. The van der Waals surface area contributed by atoms with E-state index in [0.717, 1.165) is 31.7 Å². The number of amides is 1. The third-order valence-corrected chi connectivity index (χ3v) is 5.69. The number of carboxylic acids is 1. The average Bonchev–Trinajstić information content (AvgIpc) is 2.93. The minimum absolute atomic E-state index is 0.0894. The Kier molecular flexibility index (Phi) is 4.31. The van der Waals surface area contributed by atoms with Gasteiger partial charge in [-0.1, -0.05) is 12.8 Å². The minimum Gasteiger partial charge on any atom is -0.480 e. The normalized spacial score (nSPS) is 26.9. The predicted molar refractivity (Wildman–Crippen MR) is 83.6 cm³/mol. The maximum atomic E-state index is 12.9. The largest absolute Gasteiger partial charge is 0.480 e. The molecule has 0 spiro atoms. The fourth-order valence-corrected chi connectivity index (χ4v) is 4.32. The molecule has 130 valence electrons. The van der Waals surface area contributed by atoms with E-state index in [1.807, 2.05) is 0 Å². The van der Waals surface area contributed by atoms with E-state index in [-0.39, 0.29) is 17.5 Å². The summed E-state index contributed by atoms with van der Waals surface area (Å²) in [5.41, 5.74) is 0.0894. The lowest BCUT2D eigenvalue weighted by atomic mass is 9.84. The fraction of sp³-hybridized carbons (Fsp3) is 0.533. The summed E-state index contributed by atoms with van der Waals surface area (Å²) in [6, 6.07) is 1.49. The van der Waals surface area contributed by atoms with Crippen LogP contribution in [0, 0.1) is 5.92 Å². The van der Waals surface area contributed by atoms with Gasteiger partial charge in [-0.25, -0.2) is 23.3 Å². The number of carbonyl (C=O) groups is 2. The van der Waals surface area contributed by atoms with Crippen molar-refractivity contribution in [3.8, 4) is 0 Å². The Morgan fingerprint density at radius 1 is 1.29 bits per heavy atom. The van der Waals surface area contributed by atoms with Crippen LogP contribution in [0.1, 0.15) is 42.5 Å². The molecule has 3 atom stereocenters. The summed E-state index contributed by atoms with van der Waals surface area (Å²) < 4.78 is 22.9. The first kappa shape index (κ1) is 16.8. The van der Waals surface area contributed by atoms with Crippen LogP contribution in [0.25, 0.3) is 0 Å². The van der Waals surface area contributed by atoms with Crippen molar-refractivity contribution < 1.29 is 23.1 Å². The summed E-state index contributed by atoms with van der Waals surface area (Å²) in [6.45, 7) is 0. The zero-order valence-electron chi connectivity index (χ0n) is 13.0. The van der Waals surface area contributed by atoms with Crippen LogP contribution in [0.4, 0.5) is 0 Å². The first-order chi connectivity index (χ1) is 11.3. The van der Waals surface area contributed by atoms with E-state index in [1.165, 1.54) is 17.2 Å². The van der Waals surface area contributed by atoms with E-state index in [1.54, 1.807) is 0 Å². The lowest BCUT2D eigenvalue weighted by Crippen LogP contribution is -2.46. The van der Waals surface area contributed by atoms with Gasteiger partial charge in [0.1, 0.15) is 6.04 Å². The molecule has 3 N–H and O–H groups in total. The summed E-state index contributed by atoms with van der Waals surface area (Å²) >= 11 is 0. The van der Waals surface area contributed by atoms with Crippen LogP contribution in [0.5, 0.6) is 0 Å². The molecule has 2 aliphatic rings. The number of likely N-dealkylation sites (tertiary alicyclic amines) is 1. The first-order valence-corrected chi connectivity index (χ1v) is 9.38. The number of carboxylic acid groups (broad SMARTS) is 1. The number of hydrogen-bond donors (Lipinski definition) is 2. The topological polar surface area (TPSA) is 131 Å². The van der Waals surface area contributed by atoms with Gasteiger partial charge in [-0.2, -0.15) is 0 Å². The SMILES string of the molecule is NS(=O)(=O)c1cc(C(=O)N2C(C(=O)O)CC3CCCCC32)ccn1. The predicted octanol–water partition coefficient (Wildman–Crippen LogP) is 0.587. The number of pyridine rings is 1. The standard InChI is InChI=1S/C15H19N3O5S/c16-24(22,23)13-8-10(5-6-17-13)14(19)18-11-4-2-1-3-9(11)7-12(18)15(20)21/h5-6,8-9,11-12H,1-4,7H2,(H,20,21)(H2,16,22,23). The number of nitrogens with zero attached hydrogens (tertiary/aromatic N) is 2. The Balaban J connectivity index is 1.96.